The summed E-state index contributed by atoms with van der Waals surface area (Å²) in [6, 6.07) is 0. The van der Waals surface area contributed by atoms with Gasteiger partial charge in [0.2, 0.25) is 0 Å². The predicted molar refractivity (Wildman–Crippen MR) is 325 cm³/mol. The molecule has 0 rings (SSSR count). The van der Waals surface area contributed by atoms with Gasteiger partial charge in [0.05, 0.1) is 0 Å². The third-order valence-corrected chi connectivity index (χ3v) is 13.6. The zero-order chi connectivity index (χ0) is 54.3. The molecule has 6 heteroatoms. The molecule has 0 aromatic heterocycles. The first-order chi connectivity index (χ1) is 37.0. The maximum Gasteiger partial charge on any atom is 0.306 e. The molecule has 1 unspecified atom stereocenters. The van der Waals surface area contributed by atoms with E-state index in [0.717, 1.165) is 128 Å². The van der Waals surface area contributed by atoms with Crippen molar-refractivity contribution in [3.63, 3.8) is 0 Å². The molecule has 0 aliphatic heterocycles. The van der Waals surface area contributed by atoms with Crippen LogP contribution in [0.3, 0.4) is 0 Å². The van der Waals surface area contributed by atoms with E-state index >= 15 is 0 Å². The summed E-state index contributed by atoms with van der Waals surface area (Å²) in [5, 5.41) is 0. The van der Waals surface area contributed by atoms with Gasteiger partial charge in [0.1, 0.15) is 13.2 Å². The smallest absolute Gasteiger partial charge is 0.306 e. The number of rotatable bonds is 57. The summed E-state index contributed by atoms with van der Waals surface area (Å²) in [5.41, 5.74) is 0. The number of carbonyl (C=O) groups excluding carboxylic acids is 3. The second-order valence-corrected chi connectivity index (χ2v) is 20.9. The summed E-state index contributed by atoms with van der Waals surface area (Å²) < 4.78 is 16.7. The van der Waals surface area contributed by atoms with Crippen molar-refractivity contribution >= 4 is 17.9 Å². The predicted octanol–water partition coefficient (Wildman–Crippen LogP) is 21.7. The molecule has 0 aliphatic carbocycles. The minimum Gasteiger partial charge on any atom is -0.462 e. The first-order valence-electron chi connectivity index (χ1n) is 31.7. The van der Waals surface area contributed by atoms with E-state index in [1.807, 2.05) is 0 Å². The van der Waals surface area contributed by atoms with Gasteiger partial charge in [-0.05, 0) is 96.3 Å². The van der Waals surface area contributed by atoms with Crippen molar-refractivity contribution in [2.45, 2.75) is 309 Å². The Bertz CT molecular complexity index is 1480. The van der Waals surface area contributed by atoms with Crippen LogP contribution in [0, 0.1) is 0 Å². The van der Waals surface area contributed by atoms with E-state index < -0.39 is 6.10 Å². The highest BCUT2D eigenvalue weighted by molar-refractivity contribution is 5.71. The largest absolute Gasteiger partial charge is 0.462 e. The van der Waals surface area contributed by atoms with Gasteiger partial charge >= 0.3 is 17.9 Å². The lowest BCUT2D eigenvalue weighted by atomic mass is 10.0. The molecule has 0 aliphatic rings. The normalized spacial score (nSPS) is 12.7. The Morgan fingerprint density at radius 1 is 0.280 bits per heavy atom. The van der Waals surface area contributed by atoms with Crippen LogP contribution in [-0.2, 0) is 28.6 Å². The molecule has 0 radical (unpaired) electrons. The molecule has 0 spiro atoms. The summed E-state index contributed by atoms with van der Waals surface area (Å²) in [5.74, 6) is -0.900. The van der Waals surface area contributed by atoms with Crippen LogP contribution in [0.1, 0.15) is 303 Å². The highest BCUT2D eigenvalue weighted by atomic mass is 16.6. The molecule has 0 aromatic carbocycles. The van der Waals surface area contributed by atoms with Gasteiger partial charge in [0, 0.05) is 19.3 Å². The molecular weight excluding hydrogens is 925 g/mol. The summed E-state index contributed by atoms with van der Waals surface area (Å²) in [6.07, 6.45) is 84.8. The molecular formula is C69H118O6. The van der Waals surface area contributed by atoms with E-state index in [2.05, 4.69) is 118 Å². The van der Waals surface area contributed by atoms with Crippen molar-refractivity contribution < 1.29 is 28.6 Å². The van der Waals surface area contributed by atoms with Gasteiger partial charge in [-0.3, -0.25) is 14.4 Å². The lowest BCUT2D eigenvalue weighted by Gasteiger charge is -2.18. The number of esters is 3. The fourth-order valence-corrected chi connectivity index (χ4v) is 8.90. The number of hydrogen-bond acceptors (Lipinski definition) is 6. The molecule has 0 aromatic rings. The summed E-state index contributed by atoms with van der Waals surface area (Å²) >= 11 is 0. The minimum atomic E-state index is -0.780. The Kier molecular flexibility index (Phi) is 59.8. The average molecular weight is 1040 g/mol. The first-order valence-corrected chi connectivity index (χ1v) is 31.7. The Morgan fingerprint density at radius 2 is 0.520 bits per heavy atom. The topological polar surface area (TPSA) is 78.9 Å². The minimum absolute atomic E-state index is 0.0804. The summed E-state index contributed by atoms with van der Waals surface area (Å²) in [7, 11) is 0. The van der Waals surface area contributed by atoms with Crippen LogP contribution in [0.4, 0.5) is 0 Å². The van der Waals surface area contributed by atoms with Gasteiger partial charge in [-0.1, -0.05) is 285 Å². The van der Waals surface area contributed by atoms with E-state index in [0.29, 0.717) is 19.3 Å². The number of ether oxygens (including phenoxy) is 3. The molecule has 0 saturated carbocycles. The van der Waals surface area contributed by atoms with Crippen LogP contribution >= 0.6 is 0 Å². The summed E-state index contributed by atoms with van der Waals surface area (Å²) in [4.78, 5) is 37.9. The Balaban J connectivity index is 3.96. The maximum absolute atomic E-state index is 12.8. The molecule has 0 saturated heterocycles. The first kappa shape index (κ1) is 71.3. The van der Waals surface area contributed by atoms with Gasteiger partial charge in [-0.2, -0.15) is 0 Å². The van der Waals surface area contributed by atoms with Crippen molar-refractivity contribution in [2.24, 2.45) is 0 Å². The van der Waals surface area contributed by atoms with Crippen LogP contribution in [-0.4, -0.2) is 37.2 Å². The average Bonchev–Trinajstić information content (AvgIpc) is 3.41. The lowest BCUT2D eigenvalue weighted by molar-refractivity contribution is -0.167. The second-order valence-electron chi connectivity index (χ2n) is 20.9. The maximum atomic E-state index is 12.8. The Hall–Kier alpha value is -3.67. The van der Waals surface area contributed by atoms with E-state index in [1.54, 1.807) is 0 Å². The molecule has 430 valence electrons. The summed E-state index contributed by atoms with van der Waals surface area (Å²) in [6.45, 7) is 6.34. The van der Waals surface area contributed by atoms with Crippen LogP contribution < -0.4 is 0 Å². The van der Waals surface area contributed by atoms with Crippen molar-refractivity contribution in [1.29, 1.82) is 0 Å². The fraction of sp³-hybridized carbons (Fsp3) is 0.725. The molecule has 0 heterocycles. The van der Waals surface area contributed by atoms with Crippen molar-refractivity contribution in [3.8, 4) is 0 Å². The number of carbonyl (C=O) groups is 3. The fourth-order valence-electron chi connectivity index (χ4n) is 8.90. The van der Waals surface area contributed by atoms with Gasteiger partial charge in [0.15, 0.2) is 6.10 Å². The lowest BCUT2D eigenvalue weighted by Crippen LogP contribution is -2.30. The molecule has 0 N–H and O–H groups in total. The van der Waals surface area contributed by atoms with Crippen molar-refractivity contribution in [1.82, 2.24) is 0 Å². The number of allylic oxidation sites excluding steroid dienone is 16. The third kappa shape index (κ3) is 61.1. The van der Waals surface area contributed by atoms with E-state index in [1.165, 1.54) is 135 Å². The molecule has 0 amide bonds. The van der Waals surface area contributed by atoms with Crippen LogP contribution in [0.5, 0.6) is 0 Å². The SMILES string of the molecule is CC/C=C\C/C=C\C/C=C\C/C=C\CCCCCCCCCCCCCCCCCCCCCCC(=O)OCC(COC(=O)CCCCCCC)OC(=O)CCCCCCCC/C=C\C/C=C\C/C=C\C/C=C\CC. The van der Waals surface area contributed by atoms with E-state index in [-0.39, 0.29) is 31.1 Å². The van der Waals surface area contributed by atoms with Crippen LogP contribution in [0.15, 0.2) is 97.2 Å². The van der Waals surface area contributed by atoms with Gasteiger partial charge in [0.25, 0.3) is 0 Å². The van der Waals surface area contributed by atoms with Crippen LogP contribution in [0.2, 0.25) is 0 Å². The highest BCUT2D eigenvalue weighted by Gasteiger charge is 2.19. The van der Waals surface area contributed by atoms with Gasteiger partial charge in [-0.15, -0.1) is 0 Å². The molecule has 1 atom stereocenters. The standard InChI is InChI=1S/C69H118O6/c1-4-7-10-13-15-17-19-21-23-25-27-28-29-30-31-32-33-34-35-36-37-38-39-40-42-43-45-47-49-51-53-56-59-62-68(71)74-65-66(64-73-67(70)61-58-55-12-9-6-3)75-69(72)63-60-57-54-52-50-48-46-44-41-26-24-22-20-18-16-14-11-8-5-2/h7-8,10-11,15-18,21-24,27-28,41,44,66H,4-6,9,12-14,19-20,25-26,29-40,42-43,45-65H2,1-3H3/b10-7-,11-8-,17-15-,18-16-,23-21-,24-22-,28-27-,44-41-. The number of unbranched alkanes of at least 4 members (excludes halogenated alkanes) is 30. The van der Waals surface area contributed by atoms with Crippen molar-refractivity contribution in [2.75, 3.05) is 13.2 Å². The second kappa shape index (κ2) is 62.9. The highest BCUT2D eigenvalue weighted by Crippen LogP contribution is 2.17. The third-order valence-electron chi connectivity index (χ3n) is 13.6. The quantitative estimate of drug-likeness (QED) is 0.0261. The monoisotopic (exact) mass is 1040 g/mol. The van der Waals surface area contributed by atoms with Gasteiger partial charge < -0.3 is 14.2 Å². The molecule has 75 heavy (non-hydrogen) atoms. The van der Waals surface area contributed by atoms with Crippen LogP contribution in [0.25, 0.3) is 0 Å². The van der Waals surface area contributed by atoms with Gasteiger partial charge in [-0.25, -0.2) is 0 Å². The Morgan fingerprint density at radius 3 is 0.813 bits per heavy atom. The molecule has 0 fully saturated rings. The van der Waals surface area contributed by atoms with Crippen molar-refractivity contribution in [3.05, 3.63) is 97.2 Å². The molecule has 0 bridgehead atoms. The van der Waals surface area contributed by atoms with E-state index in [4.69, 9.17) is 14.2 Å². The number of hydrogen-bond donors (Lipinski definition) is 0. The zero-order valence-corrected chi connectivity index (χ0v) is 49.3. The van der Waals surface area contributed by atoms with E-state index in [9.17, 15) is 14.4 Å². The Labute approximate surface area is 464 Å². The zero-order valence-electron chi connectivity index (χ0n) is 49.3. The molecule has 6 nitrogen and oxygen atoms in total.